The molecule has 1 N–H and O–H groups in total. The van der Waals surface area contributed by atoms with Crippen LogP contribution in [0.3, 0.4) is 0 Å². The van der Waals surface area contributed by atoms with Gasteiger partial charge >= 0.3 is 0 Å². The molecule has 1 aromatic rings. The lowest BCUT2D eigenvalue weighted by Gasteiger charge is -2.34. The molecule has 1 aliphatic carbocycles. The average molecular weight is 268 g/mol. The minimum absolute atomic E-state index is 0.301. The minimum atomic E-state index is 0.301. The number of methoxy groups -OCH3 is 1. The van der Waals surface area contributed by atoms with Crippen LogP contribution in [-0.2, 0) is 0 Å². The number of benzene rings is 1. The minimum Gasteiger partial charge on any atom is -0.497 e. The first-order chi connectivity index (χ1) is 8.61. The molecule has 1 aliphatic rings. The number of aryl methyl sites for hydroxylation is 1. The maximum atomic E-state index is 6.36. The van der Waals surface area contributed by atoms with E-state index >= 15 is 0 Å². The van der Waals surface area contributed by atoms with Crippen molar-refractivity contribution in [1.29, 1.82) is 0 Å². The van der Waals surface area contributed by atoms with Crippen molar-refractivity contribution < 1.29 is 4.74 Å². The number of rotatable bonds is 3. The zero-order valence-corrected chi connectivity index (χ0v) is 12.1. The molecule has 1 aromatic carbocycles. The molecule has 2 nitrogen and oxygen atoms in total. The zero-order chi connectivity index (χ0) is 13.1. The maximum Gasteiger partial charge on any atom is 0.119 e. The zero-order valence-electron chi connectivity index (χ0n) is 11.4. The summed E-state index contributed by atoms with van der Waals surface area (Å²) >= 11 is 6.36. The average Bonchev–Trinajstić information content (AvgIpc) is 2.37. The molecular formula is C15H22ClNO. The predicted molar refractivity (Wildman–Crippen MR) is 77.8 cm³/mol. The van der Waals surface area contributed by atoms with Gasteiger partial charge in [-0.2, -0.15) is 0 Å². The number of hydrogen-bond donors (Lipinski definition) is 1. The molecule has 0 bridgehead atoms. The monoisotopic (exact) mass is 267 g/mol. The van der Waals surface area contributed by atoms with E-state index < -0.39 is 0 Å². The van der Waals surface area contributed by atoms with Crippen LogP contribution in [0.25, 0.3) is 0 Å². The standard InChI is InChI=1S/C15H22ClNO/c1-10-9-12(18-3)7-8-14(10)17-15-6-4-5-13(16)11(15)2/h7-9,11,13,15,17H,4-6H2,1-3H3/t11-,13-,15-/m1/s1. The first-order valence-corrected chi connectivity index (χ1v) is 7.10. The van der Waals surface area contributed by atoms with Gasteiger partial charge in [0.1, 0.15) is 5.75 Å². The van der Waals surface area contributed by atoms with Crippen LogP contribution in [0.4, 0.5) is 5.69 Å². The first-order valence-electron chi connectivity index (χ1n) is 6.67. The molecule has 0 aromatic heterocycles. The smallest absolute Gasteiger partial charge is 0.119 e. The van der Waals surface area contributed by atoms with Crippen molar-refractivity contribution in [2.45, 2.75) is 44.5 Å². The van der Waals surface area contributed by atoms with Gasteiger partial charge in [0.05, 0.1) is 7.11 Å². The Hall–Kier alpha value is -0.890. The molecule has 0 aliphatic heterocycles. The highest BCUT2D eigenvalue weighted by molar-refractivity contribution is 6.20. The summed E-state index contributed by atoms with van der Waals surface area (Å²) in [7, 11) is 1.70. The fourth-order valence-corrected chi connectivity index (χ4v) is 2.97. The van der Waals surface area contributed by atoms with Crippen LogP contribution >= 0.6 is 11.6 Å². The molecule has 3 heteroatoms. The lowest BCUT2D eigenvalue weighted by Crippen LogP contribution is -2.36. The molecule has 1 fully saturated rings. The molecule has 0 spiro atoms. The normalized spacial score (nSPS) is 27.9. The molecule has 0 heterocycles. The van der Waals surface area contributed by atoms with Gasteiger partial charge in [-0.25, -0.2) is 0 Å². The SMILES string of the molecule is COc1ccc(N[C@@H]2CCC[C@@H](Cl)[C@H]2C)c(C)c1. The van der Waals surface area contributed by atoms with Crippen molar-refractivity contribution in [2.24, 2.45) is 5.92 Å². The van der Waals surface area contributed by atoms with Crippen LogP contribution in [-0.4, -0.2) is 18.5 Å². The fraction of sp³-hybridized carbons (Fsp3) is 0.600. The van der Waals surface area contributed by atoms with E-state index in [1.54, 1.807) is 7.11 Å². The van der Waals surface area contributed by atoms with Crippen LogP contribution in [0.15, 0.2) is 18.2 Å². The van der Waals surface area contributed by atoms with Gasteiger partial charge in [0, 0.05) is 17.1 Å². The van der Waals surface area contributed by atoms with E-state index in [1.165, 1.54) is 24.1 Å². The van der Waals surface area contributed by atoms with Gasteiger partial charge in [0.15, 0.2) is 0 Å². The van der Waals surface area contributed by atoms with E-state index in [9.17, 15) is 0 Å². The Labute approximate surface area is 115 Å². The third kappa shape index (κ3) is 2.92. The third-order valence-electron chi connectivity index (χ3n) is 3.97. The highest BCUT2D eigenvalue weighted by atomic mass is 35.5. The Morgan fingerprint density at radius 2 is 2.11 bits per heavy atom. The van der Waals surface area contributed by atoms with E-state index in [-0.39, 0.29) is 0 Å². The van der Waals surface area contributed by atoms with Gasteiger partial charge in [-0.1, -0.05) is 6.92 Å². The molecule has 0 saturated heterocycles. The summed E-state index contributed by atoms with van der Waals surface area (Å²) in [5.41, 5.74) is 2.41. The van der Waals surface area contributed by atoms with E-state index in [2.05, 4.69) is 31.3 Å². The second kappa shape index (κ2) is 5.83. The number of halogens is 1. The third-order valence-corrected chi connectivity index (χ3v) is 4.59. The summed E-state index contributed by atoms with van der Waals surface area (Å²) in [6.45, 7) is 4.35. The Balaban J connectivity index is 2.09. The second-order valence-corrected chi connectivity index (χ2v) is 5.80. The summed E-state index contributed by atoms with van der Waals surface area (Å²) in [5.74, 6) is 1.42. The van der Waals surface area contributed by atoms with E-state index in [1.807, 2.05) is 6.07 Å². The van der Waals surface area contributed by atoms with E-state index in [4.69, 9.17) is 16.3 Å². The van der Waals surface area contributed by atoms with Crippen LogP contribution in [0.5, 0.6) is 5.75 Å². The Morgan fingerprint density at radius 3 is 2.78 bits per heavy atom. The number of alkyl halides is 1. The first kappa shape index (κ1) is 13.5. The Morgan fingerprint density at radius 1 is 1.33 bits per heavy atom. The van der Waals surface area contributed by atoms with Gasteiger partial charge < -0.3 is 10.1 Å². The molecular weight excluding hydrogens is 246 g/mol. The fourth-order valence-electron chi connectivity index (χ4n) is 2.64. The molecule has 18 heavy (non-hydrogen) atoms. The number of nitrogens with one attached hydrogen (secondary N) is 1. The molecule has 0 radical (unpaired) electrons. The maximum absolute atomic E-state index is 6.36. The second-order valence-electron chi connectivity index (χ2n) is 5.24. The number of hydrogen-bond acceptors (Lipinski definition) is 2. The van der Waals surface area contributed by atoms with Crippen molar-refractivity contribution in [1.82, 2.24) is 0 Å². The van der Waals surface area contributed by atoms with Gasteiger partial charge in [0.25, 0.3) is 0 Å². The van der Waals surface area contributed by atoms with Gasteiger partial charge in [-0.05, 0) is 55.9 Å². The Bertz CT molecular complexity index is 407. The van der Waals surface area contributed by atoms with Crippen LogP contribution in [0, 0.1) is 12.8 Å². The highest BCUT2D eigenvalue weighted by Crippen LogP contribution is 2.32. The van der Waals surface area contributed by atoms with Gasteiger partial charge in [0.2, 0.25) is 0 Å². The number of ether oxygens (including phenoxy) is 1. The van der Waals surface area contributed by atoms with Crippen molar-refractivity contribution >= 4 is 17.3 Å². The molecule has 1 saturated carbocycles. The van der Waals surface area contributed by atoms with E-state index in [0.717, 1.165) is 12.2 Å². The topological polar surface area (TPSA) is 21.3 Å². The quantitative estimate of drug-likeness (QED) is 0.829. The summed E-state index contributed by atoms with van der Waals surface area (Å²) in [5, 5.41) is 3.94. The molecule has 100 valence electrons. The van der Waals surface area contributed by atoms with Gasteiger partial charge in [-0.15, -0.1) is 11.6 Å². The van der Waals surface area contributed by atoms with Crippen LogP contribution in [0.2, 0.25) is 0 Å². The molecule has 2 rings (SSSR count). The number of anilines is 1. The predicted octanol–water partition coefficient (Wildman–Crippen LogP) is 4.21. The molecule has 0 unspecified atom stereocenters. The summed E-state index contributed by atoms with van der Waals surface area (Å²) in [6, 6.07) is 6.64. The van der Waals surface area contributed by atoms with E-state index in [0.29, 0.717) is 17.3 Å². The molecule has 3 atom stereocenters. The summed E-state index contributed by atoms with van der Waals surface area (Å²) < 4.78 is 5.23. The largest absolute Gasteiger partial charge is 0.497 e. The highest BCUT2D eigenvalue weighted by Gasteiger charge is 2.28. The van der Waals surface area contributed by atoms with Crippen molar-refractivity contribution in [3.05, 3.63) is 23.8 Å². The molecule has 0 amide bonds. The van der Waals surface area contributed by atoms with Gasteiger partial charge in [-0.3, -0.25) is 0 Å². The lowest BCUT2D eigenvalue weighted by atomic mass is 9.85. The van der Waals surface area contributed by atoms with Crippen LogP contribution < -0.4 is 10.1 Å². The summed E-state index contributed by atoms with van der Waals surface area (Å²) in [4.78, 5) is 0. The van der Waals surface area contributed by atoms with Crippen molar-refractivity contribution in [2.75, 3.05) is 12.4 Å². The van der Waals surface area contributed by atoms with Crippen molar-refractivity contribution in [3.63, 3.8) is 0 Å². The lowest BCUT2D eigenvalue weighted by molar-refractivity contribution is 0.356. The van der Waals surface area contributed by atoms with Crippen LogP contribution in [0.1, 0.15) is 31.7 Å². The van der Waals surface area contributed by atoms with Crippen molar-refractivity contribution in [3.8, 4) is 5.75 Å². The summed E-state index contributed by atoms with van der Waals surface area (Å²) in [6.07, 6.45) is 3.56. The Kier molecular flexibility index (Phi) is 4.39.